The first-order chi connectivity index (χ1) is 15.9. The maximum Gasteiger partial charge on any atom is 0.410 e. The number of aliphatic hydroxyl groups is 1. The number of aromatic nitrogens is 2. The first-order valence-corrected chi connectivity index (χ1v) is 10.9. The Morgan fingerprint density at radius 3 is 2.47 bits per heavy atom. The van der Waals surface area contributed by atoms with Gasteiger partial charge in [0, 0.05) is 20.2 Å². The lowest BCUT2D eigenvalue weighted by Crippen LogP contribution is -2.38. The van der Waals surface area contributed by atoms with Crippen LogP contribution in [0, 0.1) is 5.82 Å². The first-order valence-electron chi connectivity index (χ1n) is 10.9. The van der Waals surface area contributed by atoms with E-state index in [0.717, 1.165) is 0 Å². The number of aromatic amines is 1. The number of ether oxygens (including phenoxy) is 1. The molecule has 11 heteroatoms. The van der Waals surface area contributed by atoms with Crippen molar-refractivity contribution < 1.29 is 28.9 Å². The van der Waals surface area contributed by atoms with E-state index in [1.165, 1.54) is 36.2 Å². The van der Waals surface area contributed by atoms with Crippen molar-refractivity contribution in [3.8, 4) is 5.75 Å². The van der Waals surface area contributed by atoms with Gasteiger partial charge in [-0.3, -0.25) is 9.59 Å². The van der Waals surface area contributed by atoms with Crippen LogP contribution in [-0.4, -0.2) is 56.3 Å². The Labute approximate surface area is 196 Å². The molecule has 0 saturated heterocycles. The smallest absolute Gasteiger partial charge is 0.410 e. The molecule has 0 aliphatic carbocycles. The van der Waals surface area contributed by atoms with Gasteiger partial charge < -0.3 is 30.2 Å². The van der Waals surface area contributed by atoms with Crippen LogP contribution in [0.5, 0.6) is 5.75 Å². The Morgan fingerprint density at radius 2 is 1.88 bits per heavy atom. The third-order valence-corrected chi connectivity index (χ3v) is 4.84. The van der Waals surface area contributed by atoms with Gasteiger partial charge in [-0.25, -0.2) is 14.2 Å². The Balaban J connectivity index is 2.33. The van der Waals surface area contributed by atoms with Crippen LogP contribution in [0.1, 0.15) is 68.0 Å². The van der Waals surface area contributed by atoms with Crippen molar-refractivity contribution in [1.29, 1.82) is 0 Å². The predicted molar refractivity (Wildman–Crippen MR) is 122 cm³/mol. The standard InChI is InChI=1S/C23H31FN4O6/c1-23(2,3)34-22(33)28(4)16(7-5-6-12-29)19-26-17(18(30)21(32)27-19)20(31)25-13-14-8-10-15(24)11-9-14/h8-11,16,29-30H,5-7,12-13H2,1-4H3,(H,25,31)(H,26,27,32). The molecule has 34 heavy (non-hydrogen) atoms. The van der Waals surface area contributed by atoms with Gasteiger partial charge in [0.1, 0.15) is 17.2 Å². The molecule has 0 spiro atoms. The van der Waals surface area contributed by atoms with E-state index in [2.05, 4.69) is 15.3 Å². The quantitative estimate of drug-likeness (QED) is 0.405. The second-order valence-electron chi connectivity index (χ2n) is 8.78. The summed E-state index contributed by atoms with van der Waals surface area (Å²) in [5.74, 6) is -2.12. The average Bonchev–Trinajstić information content (AvgIpc) is 2.76. The lowest BCUT2D eigenvalue weighted by atomic mass is 10.1. The number of halogens is 1. The van der Waals surface area contributed by atoms with Gasteiger partial charge in [-0.15, -0.1) is 0 Å². The monoisotopic (exact) mass is 478 g/mol. The van der Waals surface area contributed by atoms with Crippen LogP contribution in [0.4, 0.5) is 9.18 Å². The molecule has 186 valence electrons. The number of unbranched alkanes of at least 4 members (excludes halogenated alkanes) is 1. The lowest BCUT2D eigenvalue weighted by molar-refractivity contribution is 0.0200. The summed E-state index contributed by atoms with van der Waals surface area (Å²) in [5, 5.41) is 21.8. The molecule has 0 bridgehead atoms. The second-order valence-corrected chi connectivity index (χ2v) is 8.78. The van der Waals surface area contributed by atoms with E-state index in [1.807, 2.05) is 0 Å². The summed E-state index contributed by atoms with van der Waals surface area (Å²) in [6, 6.07) is 4.66. The molecule has 10 nitrogen and oxygen atoms in total. The second kappa shape index (κ2) is 11.6. The van der Waals surface area contributed by atoms with Crippen LogP contribution in [0.15, 0.2) is 29.1 Å². The first kappa shape index (κ1) is 26.8. The number of rotatable bonds is 9. The highest BCUT2D eigenvalue weighted by Gasteiger charge is 2.29. The van der Waals surface area contributed by atoms with Crippen LogP contribution in [0.3, 0.4) is 0 Å². The van der Waals surface area contributed by atoms with Crippen molar-refractivity contribution in [2.24, 2.45) is 0 Å². The van der Waals surface area contributed by atoms with Crippen molar-refractivity contribution >= 4 is 12.0 Å². The van der Waals surface area contributed by atoms with Crippen molar-refractivity contribution in [3.05, 3.63) is 57.5 Å². The molecule has 0 radical (unpaired) electrons. The molecule has 4 N–H and O–H groups in total. The maximum absolute atomic E-state index is 13.1. The predicted octanol–water partition coefficient (Wildman–Crippen LogP) is 2.62. The number of hydrogen-bond donors (Lipinski definition) is 4. The molecular weight excluding hydrogens is 447 g/mol. The molecule has 1 aromatic carbocycles. The van der Waals surface area contributed by atoms with Gasteiger partial charge in [-0.2, -0.15) is 0 Å². The van der Waals surface area contributed by atoms with E-state index in [-0.39, 0.29) is 19.0 Å². The van der Waals surface area contributed by atoms with Crippen molar-refractivity contribution in [1.82, 2.24) is 20.2 Å². The number of benzene rings is 1. The van der Waals surface area contributed by atoms with Crippen LogP contribution in [0.2, 0.25) is 0 Å². The van der Waals surface area contributed by atoms with Crippen LogP contribution in [0.25, 0.3) is 0 Å². The van der Waals surface area contributed by atoms with Crippen molar-refractivity contribution in [2.45, 2.75) is 58.2 Å². The minimum Gasteiger partial charge on any atom is -0.501 e. The van der Waals surface area contributed by atoms with E-state index < -0.39 is 46.5 Å². The number of H-pyrrole nitrogens is 1. The highest BCUT2D eigenvalue weighted by Crippen LogP contribution is 2.25. The summed E-state index contributed by atoms with van der Waals surface area (Å²) in [6.45, 7) is 5.09. The molecule has 1 aromatic heterocycles. The van der Waals surface area contributed by atoms with Crippen LogP contribution in [-0.2, 0) is 11.3 Å². The summed E-state index contributed by atoms with van der Waals surface area (Å²) >= 11 is 0. The molecule has 0 fully saturated rings. The normalized spacial score (nSPS) is 12.2. The fourth-order valence-corrected chi connectivity index (χ4v) is 3.09. The minimum atomic E-state index is -0.943. The molecule has 0 saturated carbocycles. The number of carbonyl (C=O) groups excluding carboxylic acids is 2. The number of aliphatic hydroxyl groups excluding tert-OH is 1. The SMILES string of the molecule is CN(C(=O)OC(C)(C)C)C(CCCCO)c1nc(C(=O)NCc2ccc(F)cc2)c(O)c(=O)[nH]1. The van der Waals surface area contributed by atoms with Crippen LogP contribution >= 0.6 is 0 Å². The summed E-state index contributed by atoms with van der Waals surface area (Å²) < 4.78 is 18.5. The lowest BCUT2D eigenvalue weighted by Gasteiger charge is -2.30. The van der Waals surface area contributed by atoms with Gasteiger partial charge in [0.15, 0.2) is 5.69 Å². The van der Waals surface area contributed by atoms with Gasteiger partial charge in [0.05, 0.1) is 6.04 Å². The number of nitrogens with zero attached hydrogens (tertiary/aromatic N) is 2. The zero-order valence-electron chi connectivity index (χ0n) is 19.7. The number of hydrogen-bond acceptors (Lipinski definition) is 7. The Kier molecular flexibility index (Phi) is 9.13. The van der Waals surface area contributed by atoms with Gasteiger partial charge in [-0.1, -0.05) is 12.1 Å². The van der Waals surface area contributed by atoms with E-state index in [9.17, 15) is 23.9 Å². The van der Waals surface area contributed by atoms with Gasteiger partial charge in [-0.05, 0) is 57.7 Å². The largest absolute Gasteiger partial charge is 0.501 e. The fraction of sp³-hybridized carbons (Fsp3) is 0.478. The number of aromatic hydroxyl groups is 1. The number of carbonyl (C=O) groups is 2. The molecule has 2 amide bonds. The van der Waals surface area contributed by atoms with Crippen LogP contribution < -0.4 is 10.9 Å². The number of nitrogens with one attached hydrogen (secondary N) is 2. The number of amides is 2. The summed E-state index contributed by atoms with van der Waals surface area (Å²) in [4.78, 5) is 45.5. The highest BCUT2D eigenvalue weighted by atomic mass is 19.1. The van der Waals surface area contributed by atoms with Crippen molar-refractivity contribution in [3.63, 3.8) is 0 Å². The molecule has 1 atom stereocenters. The topological polar surface area (TPSA) is 145 Å². The highest BCUT2D eigenvalue weighted by molar-refractivity contribution is 5.94. The molecule has 0 aliphatic heterocycles. The van der Waals surface area contributed by atoms with E-state index >= 15 is 0 Å². The maximum atomic E-state index is 13.1. The third kappa shape index (κ3) is 7.55. The molecule has 1 heterocycles. The molecule has 2 rings (SSSR count). The fourth-order valence-electron chi connectivity index (χ4n) is 3.09. The van der Waals surface area contributed by atoms with Gasteiger partial charge in [0.2, 0.25) is 5.75 Å². The van der Waals surface area contributed by atoms with Gasteiger partial charge in [0.25, 0.3) is 11.5 Å². The Hall–Kier alpha value is -3.47. The molecule has 1 unspecified atom stereocenters. The summed E-state index contributed by atoms with van der Waals surface area (Å²) in [5.41, 5.74) is -1.61. The zero-order valence-corrected chi connectivity index (χ0v) is 19.7. The molecular formula is C23H31FN4O6. The van der Waals surface area contributed by atoms with Crippen molar-refractivity contribution in [2.75, 3.05) is 13.7 Å². The summed E-state index contributed by atoms with van der Waals surface area (Å²) in [7, 11) is 1.47. The molecule has 2 aromatic rings. The molecule has 0 aliphatic rings. The minimum absolute atomic E-state index is 0.0129. The van der Waals surface area contributed by atoms with E-state index in [1.54, 1.807) is 20.8 Å². The average molecular weight is 479 g/mol. The van der Waals surface area contributed by atoms with E-state index in [4.69, 9.17) is 9.84 Å². The Bertz CT molecular complexity index is 1050. The van der Waals surface area contributed by atoms with E-state index in [0.29, 0.717) is 24.8 Å². The third-order valence-electron chi connectivity index (χ3n) is 4.84. The zero-order chi connectivity index (χ0) is 25.5. The Morgan fingerprint density at radius 1 is 1.24 bits per heavy atom. The van der Waals surface area contributed by atoms with Gasteiger partial charge >= 0.3 is 6.09 Å². The summed E-state index contributed by atoms with van der Waals surface area (Å²) in [6.07, 6.45) is 0.581.